The highest BCUT2D eigenvalue weighted by Crippen LogP contribution is 2.32. The number of aromatic nitrogens is 12. The number of cyclic esters (lactones) is 1. The molecule has 6 aromatic heterocycles. The third-order valence-corrected chi connectivity index (χ3v) is 16.4. The number of nitrogens with zero attached hydrogens (tertiary/aromatic N) is 13. The van der Waals surface area contributed by atoms with Crippen molar-refractivity contribution < 1.29 is 9.53 Å². The molecule has 0 radical (unpaired) electrons. The van der Waals surface area contributed by atoms with Gasteiger partial charge in [0, 0.05) is 150 Å². The molecule has 0 bridgehead atoms. The average molecular weight is 1430 g/mol. The Morgan fingerprint density at radius 3 is 1.24 bits per heavy atom. The van der Waals surface area contributed by atoms with Crippen molar-refractivity contribution in [2.24, 2.45) is 43.7 Å². The smallest absolute Gasteiger partial charge is 0.331 e. The van der Waals surface area contributed by atoms with Crippen LogP contribution in [0.2, 0.25) is 0 Å². The minimum atomic E-state index is -0.222. The number of nitrogens with one attached hydrogen (secondary N) is 2. The van der Waals surface area contributed by atoms with Crippen LogP contribution < -0.4 is 0 Å². The fraction of sp³-hybridized carbons (Fsp3) is 0.621. The average Bonchev–Trinajstić information content (AvgIpc) is 1.67. The molecule has 0 amide bonds. The van der Waals surface area contributed by atoms with Gasteiger partial charge in [-0.25, -0.2) is 44.7 Å². The lowest BCUT2D eigenvalue weighted by molar-refractivity contribution is -0.142. The Morgan fingerprint density at radius 1 is 0.490 bits per heavy atom. The molecule has 0 saturated heterocycles. The molecule has 0 aliphatic carbocycles. The zero-order valence-corrected chi connectivity index (χ0v) is 72.9. The molecular weight excluding hydrogens is 1290 g/mol. The van der Waals surface area contributed by atoms with Crippen molar-refractivity contribution in [3.63, 3.8) is 0 Å². The lowest BCUT2D eigenvalue weighted by Crippen LogP contribution is -2.25. The number of ether oxygens (including phenoxy) is 1. The minimum Gasteiger partial charge on any atom is -0.454 e. The summed E-state index contributed by atoms with van der Waals surface area (Å²) in [6, 6.07) is 7.99. The number of rotatable bonds is 0. The van der Waals surface area contributed by atoms with E-state index in [-0.39, 0.29) is 66.2 Å². The van der Waals surface area contributed by atoms with Crippen LogP contribution in [0.25, 0.3) is 0 Å². The summed E-state index contributed by atoms with van der Waals surface area (Å²) in [7, 11) is 2.06. The summed E-state index contributed by atoms with van der Waals surface area (Å²) in [5.74, 6) is 3.61. The molecular formula is C87H143N15O2. The van der Waals surface area contributed by atoms with Crippen LogP contribution in [0.5, 0.6) is 0 Å². The summed E-state index contributed by atoms with van der Waals surface area (Å²) in [4.78, 5) is 60.4. The summed E-state index contributed by atoms with van der Waals surface area (Å²) >= 11 is 0. The molecule has 10 rings (SSSR count). The number of allylic oxidation sites excluding steroid dienone is 4. The van der Waals surface area contributed by atoms with Crippen molar-refractivity contribution in [2.75, 3.05) is 13.1 Å². The molecule has 4 aliphatic heterocycles. The number of carbonyl (C=O) groups excluding carboxylic acids is 1. The van der Waals surface area contributed by atoms with Gasteiger partial charge in [0.2, 0.25) is 0 Å². The van der Waals surface area contributed by atoms with Crippen LogP contribution in [-0.4, -0.2) is 102 Å². The number of hydrogen-bond acceptors (Lipinski definition) is 14. The predicted molar refractivity (Wildman–Crippen MR) is 442 cm³/mol. The highest BCUT2D eigenvalue weighted by atomic mass is 16.5. The second-order valence-corrected chi connectivity index (χ2v) is 37.7. The van der Waals surface area contributed by atoms with E-state index < -0.39 is 0 Å². The molecule has 10 heterocycles. The fourth-order valence-corrected chi connectivity index (χ4v) is 9.91. The van der Waals surface area contributed by atoms with Crippen LogP contribution in [0.15, 0.2) is 118 Å². The van der Waals surface area contributed by atoms with E-state index >= 15 is 0 Å². The molecule has 2 N–H and O–H groups in total. The Morgan fingerprint density at radius 2 is 1.01 bits per heavy atom. The van der Waals surface area contributed by atoms with Crippen LogP contribution in [0, 0.1) is 63.2 Å². The third-order valence-electron chi connectivity index (χ3n) is 16.4. The molecule has 104 heavy (non-hydrogen) atoms. The summed E-state index contributed by atoms with van der Waals surface area (Å²) in [6.07, 6.45) is 20.0. The number of aliphatic imine (C=N–C) groups is 3. The second-order valence-electron chi connectivity index (χ2n) is 37.7. The highest BCUT2D eigenvalue weighted by Gasteiger charge is 2.29. The Hall–Kier alpha value is -7.69. The van der Waals surface area contributed by atoms with Crippen LogP contribution in [0.3, 0.4) is 0 Å². The lowest BCUT2D eigenvalue weighted by atomic mass is 9.84. The van der Waals surface area contributed by atoms with Crippen molar-refractivity contribution in [1.29, 1.82) is 0 Å². The molecule has 6 aromatic rings. The van der Waals surface area contributed by atoms with E-state index in [2.05, 4.69) is 314 Å². The van der Waals surface area contributed by atoms with E-state index in [1.807, 2.05) is 111 Å². The normalized spacial score (nSPS) is 15.1. The van der Waals surface area contributed by atoms with Gasteiger partial charge in [-0.2, -0.15) is 5.10 Å². The van der Waals surface area contributed by atoms with Gasteiger partial charge in [0.1, 0.15) is 35.7 Å². The maximum atomic E-state index is 10.6. The standard InChI is InChI=1S/C9H16N2.3C9H14N2.3C9H15N.2C8H14N2.C8H12O2/c1-7-10-6-8(11(7)5)9(2,3)4;1-7-5-8(9(2,3)4)11-6-10-7;1-7-10-6-5-8(11-7)9(2,3)4;1-7-5-6-10-8(11-7)9(2,3)4;2*1-7-8(5-6-10-7)9(2,3)4;1-7-5-6-8(10-7)9(2,3)4;1-6-9-5-7(10-6)8(2,3)4;1-6-5-7(10-9-6)8(2,3)4;1-8(2,3)6-4-5-7(9)10-6/h6H,1-5H3;3*5-6H,1-4H3;2*5H,6H2,1-4H3;6H,5H2,1-4H3;2*5H,1-4H3,(H,9,10);4-6H,1-3H3. The molecule has 0 aromatic carbocycles. The fourth-order valence-electron chi connectivity index (χ4n) is 9.91. The van der Waals surface area contributed by atoms with Gasteiger partial charge in [-0.05, 0) is 115 Å². The molecule has 1 atom stereocenters. The van der Waals surface area contributed by atoms with E-state index in [4.69, 9.17) is 4.74 Å². The maximum Gasteiger partial charge on any atom is 0.331 e. The van der Waals surface area contributed by atoms with Gasteiger partial charge in [-0.3, -0.25) is 20.1 Å². The van der Waals surface area contributed by atoms with E-state index in [0.29, 0.717) is 0 Å². The van der Waals surface area contributed by atoms with Crippen molar-refractivity contribution in [3.8, 4) is 0 Å². The number of imidazole rings is 2. The Bertz CT molecular complexity index is 3630. The third kappa shape index (κ3) is 35.9. The van der Waals surface area contributed by atoms with Gasteiger partial charge in [0.15, 0.2) is 0 Å². The Kier molecular flexibility index (Phi) is 35.4. The zero-order chi connectivity index (χ0) is 80.8. The van der Waals surface area contributed by atoms with Crippen LogP contribution >= 0.6 is 0 Å². The van der Waals surface area contributed by atoms with Gasteiger partial charge in [0.05, 0.1) is 18.8 Å². The number of H-pyrrole nitrogens is 2. The van der Waals surface area contributed by atoms with Gasteiger partial charge in [0.25, 0.3) is 0 Å². The van der Waals surface area contributed by atoms with Gasteiger partial charge >= 0.3 is 5.97 Å². The quantitative estimate of drug-likeness (QED) is 0.136. The molecule has 4 aliphatic rings. The van der Waals surface area contributed by atoms with E-state index in [1.165, 1.54) is 51.4 Å². The van der Waals surface area contributed by atoms with Crippen molar-refractivity contribution in [1.82, 2.24) is 59.6 Å². The lowest BCUT2D eigenvalue weighted by Gasteiger charge is -2.23. The zero-order valence-electron chi connectivity index (χ0n) is 72.9. The second kappa shape index (κ2) is 39.1. The van der Waals surface area contributed by atoms with E-state index in [1.54, 1.807) is 6.33 Å². The number of esters is 1. The molecule has 1 unspecified atom stereocenters. The SMILES string of the molecule is CC(C)(C)C1C=CC(=O)O1.CC1=NC(C(C)(C)C)=CC1.CC1=NCC=C1C(C)(C)C.CC1=NCC=C1C(C)(C)C.Cc1cc(C(C)(C)C)n[nH]1.Cc1cc(C(C)(C)C)ncn1.Cc1ccnc(C(C)(C)C)n1.Cc1ncc(C(C)(C)C)[nH]1.Cc1ncc(C(C)(C)C)n1C.Cc1nccc(C(C)(C)C)n1. The number of aromatic amines is 2. The first kappa shape index (κ1) is 94.3. The van der Waals surface area contributed by atoms with Gasteiger partial charge in [-0.1, -0.05) is 226 Å². The first-order chi connectivity index (χ1) is 47.0. The molecule has 17 nitrogen and oxygen atoms in total. The molecule has 578 valence electrons. The number of hydrogen-bond donors (Lipinski definition) is 2. The highest BCUT2D eigenvalue weighted by molar-refractivity contribution is 6.01. The summed E-state index contributed by atoms with van der Waals surface area (Å²) < 4.78 is 7.11. The van der Waals surface area contributed by atoms with Crippen molar-refractivity contribution in [3.05, 3.63) is 171 Å². The van der Waals surface area contributed by atoms with Crippen molar-refractivity contribution in [2.45, 2.75) is 315 Å². The molecule has 0 spiro atoms. The largest absolute Gasteiger partial charge is 0.454 e. The molecule has 17 heteroatoms. The first-order valence-corrected chi connectivity index (χ1v) is 37.0. The Labute approximate surface area is 632 Å². The van der Waals surface area contributed by atoms with Gasteiger partial charge < -0.3 is 14.3 Å². The first-order valence-electron chi connectivity index (χ1n) is 37.0. The maximum absolute atomic E-state index is 10.6. The molecule has 0 saturated carbocycles. The predicted octanol–water partition coefficient (Wildman–Crippen LogP) is 21.5. The summed E-state index contributed by atoms with van der Waals surface area (Å²) in [5.41, 5.74) is 18.5. The summed E-state index contributed by atoms with van der Waals surface area (Å²) in [6.45, 7) is 84.8. The summed E-state index contributed by atoms with van der Waals surface area (Å²) in [5, 5.41) is 7.09. The molecule has 0 fully saturated rings. The monoisotopic (exact) mass is 1430 g/mol. The van der Waals surface area contributed by atoms with E-state index in [0.717, 1.165) is 77.0 Å². The topological polar surface area (TPSA) is 216 Å². The number of aryl methyl sites for hydroxylation is 6. The van der Waals surface area contributed by atoms with Crippen LogP contribution in [0.4, 0.5) is 0 Å². The number of carbonyl (C=O) groups is 1. The minimum absolute atomic E-state index is 0.0304. The van der Waals surface area contributed by atoms with Crippen LogP contribution in [-0.2, 0) is 49.1 Å². The van der Waals surface area contributed by atoms with Gasteiger partial charge in [-0.15, -0.1) is 0 Å². The van der Waals surface area contributed by atoms with Crippen LogP contribution in [0.1, 0.15) is 304 Å². The van der Waals surface area contributed by atoms with Crippen molar-refractivity contribution >= 4 is 23.1 Å². The Balaban J connectivity index is 0.000000578. The van der Waals surface area contributed by atoms with E-state index in [9.17, 15) is 4.79 Å².